The normalized spacial score (nSPS) is 18.4. The highest BCUT2D eigenvalue weighted by atomic mass is 35.5. The maximum Gasteiger partial charge on any atom is 0.337 e. The molecule has 0 spiro atoms. The molecule has 7 heteroatoms. The predicted molar refractivity (Wildman–Crippen MR) is 118 cm³/mol. The lowest BCUT2D eigenvalue weighted by Crippen LogP contribution is -2.35. The number of rotatable bonds is 6. The number of halogens is 1. The summed E-state index contributed by atoms with van der Waals surface area (Å²) in [4.78, 5) is 29.1. The van der Waals surface area contributed by atoms with Gasteiger partial charge < -0.3 is 9.84 Å². The molecule has 0 aliphatic carbocycles. The molecule has 0 amide bonds. The van der Waals surface area contributed by atoms with E-state index in [1.807, 2.05) is 36.4 Å². The van der Waals surface area contributed by atoms with E-state index in [1.165, 1.54) is 6.92 Å². The second-order valence-corrected chi connectivity index (χ2v) is 7.32. The quantitative estimate of drug-likeness (QED) is 0.668. The van der Waals surface area contributed by atoms with Crippen molar-refractivity contribution in [2.75, 3.05) is 6.61 Å². The third-order valence-electron chi connectivity index (χ3n) is 4.86. The van der Waals surface area contributed by atoms with Gasteiger partial charge in [-0.15, -0.1) is 0 Å². The summed E-state index contributed by atoms with van der Waals surface area (Å²) < 4.78 is 5.35. The van der Waals surface area contributed by atoms with Gasteiger partial charge in [0.1, 0.15) is 18.6 Å². The van der Waals surface area contributed by atoms with Crippen LogP contribution in [0, 0.1) is 17.2 Å². The second-order valence-electron chi connectivity index (χ2n) is 6.89. The Morgan fingerprint density at radius 2 is 1.97 bits per heavy atom. The van der Waals surface area contributed by atoms with Crippen LogP contribution in [0.5, 0.6) is 0 Å². The lowest BCUT2D eigenvalue weighted by molar-refractivity contribution is -0.140. The van der Waals surface area contributed by atoms with Crippen molar-refractivity contribution in [2.45, 2.75) is 12.8 Å². The minimum absolute atomic E-state index is 0.0430. The molecule has 2 unspecified atom stereocenters. The van der Waals surface area contributed by atoms with Crippen molar-refractivity contribution in [3.8, 4) is 6.07 Å². The van der Waals surface area contributed by atoms with Gasteiger partial charge in [0.05, 0.1) is 5.57 Å². The van der Waals surface area contributed by atoms with E-state index in [0.29, 0.717) is 10.6 Å². The maximum absolute atomic E-state index is 13.0. The molecule has 1 aliphatic rings. The number of hydrogen-bond acceptors (Lipinski definition) is 5. The van der Waals surface area contributed by atoms with Crippen molar-refractivity contribution in [3.05, 3.63) is 88.1 Å². The van der Waals surface area contributed by atoms with E-state index < -0.39 is 23.8 Å². The molecule has 0 radical (unpaired) electrons. The summed E-state index contributed by atoms with van der Waals surface area (Å²) >= 11 is 6.10. The first kappa shape index (κ1) is 22.0. The van der Waals surface area contributed by atoms with Gasteiger partial charge >= 0.3 is 11.9 Å². The monoisotopic (exact) mass is 434 g/mol. The molecule has 2 aromatic carbocycles. The standard InChI is InChI=1S/C24H19ClN2O4/c1-15-20(23(28)29)21(17-10-5-11-18(25)13-17)22(19(14-26)27-15)24(30)31-12-6-9-16-7-3-2-4-8-16/h2-11,13,20-21H,12H2,1H3,(H,28,29). The van der Waals surface area contributed by atoms with Gasteiger partial charge in [-0.05, 0) is 36.3 Å². The van der Waals surface area contributed by atoms with Crippen molar-refractivity contribution >= 4 is 35.3 Å². The zero-order chi connectivity index (χ0) is 22.4. The Kier molecular flexibility index (Phi) is 7.01. The molecular weight excluding hydrogens is 416 g/mol. The van der Waals surface area contributed by atoms with E-state index in [2.05, 4.69) is 4.99 Å². The number of benzene rings is 2. The molecule has 3 rings (SSSR count). The Balaban J connectivity index is 1.94. The van der Waals surface area contributed by atoms with Gasteiger partial charge in [-0.25, -0.2) is 9.79 Å². The highest BCUT2D eigenvalue weighted by molar-refractivity contribution is 6.30. The highest BCUT2D eigenvalue weighted by Gasteiger charge is 2.42. The molecule has 0 saturated carbocycles. The highest BCUT2D eigenvalue weighted by Crippen LogP contribution is 2.40. The van der Waals surface area contributed by atoms with Crippen LogP contribution in [0.4, 0.5) is 0 Å². The number of carbonyl (C=O) groups is 2. The third kappa shape index (κ3) is 5.08. The van der Waals surface area contributed by atoms with Gasteiger partial charge in [0, 0.05) is 16.7 Å². The van der Waals surface area contributed by atoms with Crippen LogP contribution in [0.25, 0.3) is 6.08 Å². The Morgan fingerprint density at radius 1 is 1.23 bits per heavy atom. The van der Waals surface area contributed by atoms with Crippen LogP contribution in [0.2, 0.25) is 5.02 Å². The van der Waals surface area contributed by atoms with Crippen LogP contribution in [0.3, 0.4) is 0 Å². The van der Waals surface area contributed by atoms with Crippen molar-refractivity contribution in [1.29, 1.82) is 5.26 Å². The smallest absolute Gasteiger partial charge is 0.337 e. The number of ether oxygens (including phenoxy) is 1. The Labute approximate surface area is 184 Å². The molecule has 0 aromatic heterocycles. The topological polar surface area (TPSA) is 99.8 Å². The fraction of sp³-hybridized carbons (Fsp3) is 0.167. The molecular formula is C24H19ClN2O4. The first-order chi connectivity index (χ1) is 14.9. The van der Waals surface area contributed by atoms with Crippen molar-refractivity contribution in [1.82, 2.24) is 0 Å². The predicted octanol–water partition coefficient (Wildman–Crippen LogP) is 4.63. The first-order valence-corrected chi connectivity index (χ1v) is 9.86. The molecule has 1 aliphatic heterocycles. The summed E-state index contributed by atoms with van der Waals surface area (Å²) in [5.41, 5.74) is 1.42. The number of allylic oxidation sites excluding steroid dienone is 1. The molecule has 31 heavy (non-hydrogen) atoms. The lowest BCUT2D eigenvalue weighted by atomic mass is 9.75. The molecule has 0 saturated heterocycles. The fourth-order valence-corrected chi connectivity index (χ4v) is 3.70. The summed E-state index contributed by atoms with van der Waals surface area (Å²) in [6, 6.07) is 17.9. The largest absolute Gasteiger partial charge is 0.481 e. The van der Waals surface area contributed by atoms with Crippen LogP contribution < -0.4 is 0 Å². The van der Waals surface area contributed by atoms with Crippen molar-refractivity contribution in [3.63, 3.8) is 0 Å². The Bertz CT molecular complexity index is 1130. The Hall–Kier alpha value is -3.69. The van der Waals surface area contributed by atoms with Crippen LogP contribution in [-0.2, 0) is 14.3 Å². The number of carbonyl (C=O) groups excluding carboxylic acids is 1. The number of carboxylic acids is 1. The lowest BCUT2D eigenvalue weighted by Gasteiger charge is -2.29. The minimum atomic E-state index is -1.16. The molecule has 156 valence electrons. The molecule has 0 fully saturated rings. The van der Waals surface area contributed by atoms with Crippen LogP contribution >= 0.6 is 11.6 Å². The Morgan fingerprint density at radius 3 is 2.61 bits per heavy atom. The molecule has 2 aromatic rings. The second kappa shape index (κ2) is 9.88. The summed E-state index contributed by atoms with van der Waals surface area (Å²) in [7, 11) is 0. The summed E-state index contributed by atoms with van der Waals surface area (Å²) in [5, 5.41) is 19.8. The number of nitrogens with zero attached hydrogens (tertiary/aromatic N) is 2. The summed E-state index contributed by atoms with van der Waals surface area (Å²) in [5.74, 6) is -4.02. The van der Waals surface area contributed by atoms with Gasteiger partial charge in [-0.2, -0.15) is 5.26 Å². The number of esters is 1. The number of nitriles is 1. The summed E-state index contributed by atoms with van der Waals surface area (Å²) in [6.45, 7) is 1.48. The summed E-state index contributed by atoms with van der Waals surface area (Å²) in [6.07, 6.45) is 3.46. The number of hydrogen-bond donors (Lipinski definition) is 1. The van der Waals surface area contributed by atoms with E-state index in [-0.39, 0.29) is 23.6 Å². The van der Waals surface area contributed by atoms with E-state index in [9.17, 15) is 20.0 Å². The van der Waals surface area contributed by atoms with E-state index >= 15 is 0 Å². The zero-order valence-corrected chi connectivity index (χ0v) is 17.4. The van der Waals surface area contributed by atoms with E-state index in [1.54, 1.807) is 36.4 Å². The van der Waals surface area contributed by atoms with Gasteiger partial charge in [0.15, 0.2) is 5.70 Å². The number of carboxylic acid groups (broad SMARTS) is 1. The first-order valence-electron chi connectivity index (χ1n) is 9.48. The van der Waals surface area contributed by atoms with Crippen LogP contribution in [0.15, 0.2) is 76.9 Å². The molecule has 1 heterocycles. The SMILES string of the molecule is CC1=NC(C#N)=C(C(=O)OCC=Cc2ccccc2)C(c2cccc(Cl)c2)C1C(=O)O. The molecule has 6 nitrogen and oxygen atoms in total. The number of aliphatic carboxylic acids is 1. The van der Waals surface area contributed by atoms with Gasteiger partial charge in [-0.1, -0.05) is 60.1 Å². The molecule has 0 bridgehead atoms. The third-order valence-corrected chi connectivity index (χ3v) is 5.09. The minimum Gasteiger partial charge on any atom is -0.481 e. The average Bonchev–Trinajstić information content (AvgIpc) is 2.76. The van der Waals surface area contributed by atoms with Gasteiger partial charge in [0.25, 0.3) is 0 Å². The van der Waals surface area contributed by atoms with Gasteiger partial charge in [-0.3, -0.25) is 4.79 Å². The average molecular weight is 435 g/mol. The fourth-order valence-electron chi connectivity index (χ4n) is 3.50. The van der Waals surface area contributed by atoms with Crippen LogP contribution in [0.1, 0.15) is 24.0 Å². The van der Waals surface area contributed by atoms with Gasteiger partial charge in [0.2, 0.25) is 0 Å². The zero-order valence-electron chi connectivity index (χ0n) is 16.7. The molecule has 1 N–H and O–H groups in total. The van der Waals surface area contributed by atoms with E-state index in [0.717, 1.165) is 5.56 Å². The van der Waals surface area contributed by atoms with E-state index in [4.69, 9.17) is 16.3 Å². The molecule has 2 atom stereocenters. The maximum atomic E-state index is 13.0. The van der Waals surface area contributed by atoms with Crippen molar-refractivity contribution < 1.29 is 19.4 Å². The number of aliphatic imine (C=N–C) groups is 1. The van der Waals surface area contributed by atoms with Crippen molar-refractivity contribution in [2.24, 2.45) is 10.9 Å². The van der Waals surface area contributed by atoms with Crippen LogP contribution in [-0.4, -0.2) is 29.4 Å².